The van der Waals surface area contributed by atoms with Crippen molar-refractivity contribution in [2.45, 2.75) is 57.9 Å². The average Bonchev–Trinajstić information content (AvgIpc) is 2.82. The summed E-state index contributed by atoms with van der Waals surface area (Å²) in [6.45, 7) is 2.72. The van der Waals surface area contributed by atoms with E-state index in [0.717, 1.165) is 38.5 Å². The Balaban J connectivity index is 1.59. The molecule has 3 N–H and O–H groups in total. The molecule has 2 aromatic carbocycles. The number of anilines is 1. The van der Waals surface area contributed by atoms with Gasteiger partial charge in [-0.2, -0.15) is 0 Å². The molecule has 2 aromatic rings. The maximum absolute atomic E-state index is 12.7. The second-order valence-electron chi connectivity index (χ2n) is 8.26. The summed E-state index contributed by atoms with van der Waals surface area (Å²) in [4.78, 5) is 25.4. The lowest BCUT2D eigenvalue weighted by atomic mass is 9.95. The zero-order chi connectivity index (χ0) is 24.5. The van der Waals surface area contributed by atoms with E-state index >= 15 is 0 Å². The van der Waals surface area contributed by atoms with E-state index in [0.29, 0.717) is 38.7 Å². The van der Waals surface area contributed by atoms with E-state index in [1.54, 1.807) is 36.4 Å². The fourth-order valence-electron chi connectivity index (χ4n) is 3.71. The predicted molar refractivity (Wildman–Crippen MR) is 144 cm³/mol. The molecule has 3 rings (SSSR count). The van der Waals surface area contributed by atoms with E-state index in [2.05, 4.69) is 38.8 Å². The highest BCUT2D eigenvalue weighted by molar-refractivity contribution is 9.10. The minimum atomic E-state index is -0.359. The third kappa shape index (κ3) is 7.68. The Bertz CT molecular complexity index is 1040. The lowest BCUT2D eigenvalue weighted by Crippen LogP contribution is -2.36. The molecule has 0 aliphatic heterocycles. The Hall–Kier alpha value is -2.16. The first-order chi connectivity index (χ1) is 16.4. The summed E-state index contributed by atoms with van der Waals surface area (Å²) in [5, 5.41) is 9.16. The Morgan fingerprint density at radius 1 is 1.12 bits per heavy atom. The van der Waals surface area contributed by atoms with Crippen molar-refractivity contribution in [1.82, 2.24) is 10.6 Å². The summed E-state index contributed by atoms with van der Waals surface area (Å²) in [5.74, 6) is 0.120. The van der Waals surface area contributed by atoms with Crippen molar-refractivity contribution in [2.75, 3.05) is 11.9 Å². The van der Waals surface area contributed by atoms with Gasteiger partial charge in [-0.05, 0) is 83.8 Å². The molecule has 0 atom stereocenters. The van der Waals surface area contributed by atoms with Crippen molar-refractivity contribution in [1.29, 1.82) is 0 Å². The van der Waals surface area contributed by atoms with Crippen molar-refractivity contribution in [3.05, 3.63) is 57.0 Å². The van der Waals surface area contributed by atoms with Crippen LogP contribution in [0.1, 0.15) is 72.6 Å². The number of nitrogens with one attached hydrogen (secondary N) is 3. The molecule has 0 spiro atoms. The second kappa shape index (κ2) is 13.1. The van der Waals surface area contributed by atoms with Gasteiger partial charge in [0, 0.05) is 17.3 Å². The number of hydrogen-bond acceptors (Lipinski definition) is 4. The molecule has 9 heteroatoms. The Morgan fingerprint density at radius 2 is 1.88 bits per heavy atom. The summed E-state index contributed by atoms with van der Waals surface area (Å²) in [7, 11) is 0. The van der Waals surface area contributed by atoms with Crippen LogP contribution in [-0.2, 0) is 0 Å². The van der Waals surface area contributed by atoms with Crippen molar-refractivity contribution in [3.8, 4) is 5.75 Å². The molecule has 182 valence electrons. The van der Waals surface area contributed by atoms with E-state index in [1.807, 2.05) is 0 Å². The van der Waals surface area contributed by atoms with Gasteiger partial charge in [0.25, 0.3) is 11.8 Å². The maximum atomic E-state index is 12.7. The minimum absolute atomic E-state index is 0.116. The molecule has 0 saturated heterocycles. The highest BCUT2D eigenvalue weighted by atomic mass is 79.9. The number of carbonyl (C=O) groups excluding carboxylic acids is 2. The molecule has 1 fully saturated rings. The first-order valence-corrected chi connectivity index (χ1v) is 13.1. The minimum Gasteiger partial charge on any atom is -0.492 e. The van der Waals surface area contributed by atoms with Gasteiger partial charge in [-0.1, -0.05) is 44.2 Å². The number of ether oxygens (including phenoxy) is 1. The zero-order valence-electron chi connectivity index (χ0n) is 19.1. The molecule has 0 bridgehead atoms. The smallest absolute Gasteiger partial charge is 0.257 e. The summed E-state index contributed by atoms with van der Waals surface area (Å²) in [6, 6.07) is 10.3. The van der Waals surface area contributed by atoms with Gasteiger partial charge in [0.05, 0.1) is 21.7 Å². The molecule has 0 unspecified atom stereocenters. The summed E-state index contributed by atoms with van der Waals surface area (Å²) in [5.41, 5.74) is 1.36. The molecule has 0 aromatic heterocycles. The number of benzene rings is 2. The molecule has 6 nitrogen and oxygen atoms in total. The molecule has 1 aliphatic rings. The van der Waals surface area contributed by atoms with E-state index in [4.69, 9.17) is 28.6 Å². The van der Waals surface area contributed by atoms with Crippen LogP contribution < -0.4 is 20.7 Å². The van der Waals surface area contributed by atoms with E-state index in [1.165, 1.54) is 6.42 Å². The Morgan fingerprint density at radius 3 is 2.59 bits per heavy atom. The number of halogens is 2. The first-order valence-electron chi connectivity index (χ1n) is 11.5. The predicted octanol–water partition coefficient (Wildman–Crippen LogP) is 6.47. The standard InChI is InChI=1S/C25H29BrClN3O3S/c1-2-3-13-33-22-12-9-16(14-20(22)26)23(31)30-25(34)29-18-10-11-21(27)19(15-18)24(32)28-17-7-5-4-6-8-17/h9-12,14-15,17H,2-8,13H2,1H3,(H,28,32)(H2,29,30,31,34). The second-order valence-corrected chi connectivity index (χ2v) is 9.93. The van der Waals surface area contributed by atoms with Crippen LogP contribution in [0.4, 0.5) is 5.69 Å². The van der Waals surface area contributed by atoms with E-state index in [9.17, 15) is 9.59 Å². The van der Waals surface area contributed by atoms with Crippen LogP contribution in [-0.4, -0.2) is 29.6 Å². The van der Waals surface area contributed by atoms with E-state index in [-0.39, 0.29) is 23.0 Å². The Kier molecular flexibility index (Phi) is 10.2. The molecular formula is C25H29BrClN3O3S. The third-order valence-corrected chi connectivity index (χ3v) is 6.74. The normalized spacial score (nSPS) is 13.7. The van der Waals surface area contributed by atoms with Gasteiger partial charge in [0.15, 0.2) is 5.11 Å². The lowest BCUT2D eigenvalue weighted by Gasteiger charge is -2.23. The highest BCUT2D eigenvalue weighted by Crippen LogP contribution is 2.26. The third-order valence-electron chi connectivity index (χ3n) is 5.59. The number of thiocarbonyl (C=S) groups is 1. The molecule has 2 amide bonds. The van der Waals surface area contributed by atoms with Crippen LogP contribution in [0.15, 0.2) is 40.9 Å². The monoisotopic (exact) mass is 565 g/mol. The number of hydrogen-bond donors (Lipinski definition) is 3. The number of carbonyl (C=O) groups is 2. The summed E-state index contributed by atoms with van der Waals surface area (Å²) >= 11 is 15.0. The fraction of sp³-hybridized carbons (Fsp3) is 0.400. The SMILES string of the molecule is CCCCOc1ccc(C(=O)NC(=S)Nc2ccc(Cl)c(C(=O)NC3CCCCC3)c2)cc1Br. The van der Waals surface area contributed by atoms with Crippen molar-refractivity contribution in [2.24, 2.45) is 0 Å². The molecule has 1 saturated carbocycles. The maximum Gasteiger partial charge on any atom is 0.257 e. The van der Waals surface area contributed by atoms with Crippen LogP contribution in [0.25, 0.3) is 0 Å². The van der Waals surface area contributed by atoms with Gasteiger partial charge < -0.3 is 15.4 Å². The summed E-state index contributed by atoms with van der Waals surface area (Å²) < 4.78 is 6.40. The average molecular weight is 567 g/mol. The van der Waals surface area contributed by atoms with Crippen LogP contribution in [0, 0.1) is 0 Å². The van der Waals surface area contributed by atoms with Crippen LogP contribution in [0.5, 0.6) is 5.75 Å². The highest BCUT2D eigenvalue weighted by Gasteiger charge is 2.19. The van der Waals surface area contributed by atoms with Crippen LogP contribution in [0.3, 0.4) is 0 Å². The van der Waals surface area contributed by atoms with E-state index < -0.39 is 0 Å². The molecule has 0 radical (unpaired) electrons. The number of amides is 2. The van der Waals surface area contributed by atoms with Crippen LogP contribution >= 0.6 is 39.7 Å². The topological polar surface area (TPSA) is 79.5 Å². The molecule has 34 heavy (non-hydrogen) atoms. The van der Waals surface area contributed by atoms with Gasteiger partial charge in [0.1, 0.15) is 5.75 Å². The van der Waals surface area contributed by atoms with Gasteiger partial charge >= 0.3 is 0 Å². The number of rotatable bonds is 8. The van der Waals surface area contributed by atoms with Gasteiger partial charge in [-0.25, -0.2) is 0 Å². The lowest BCUT2D eigenvalue weighted by molar-refractivity contribution is 0.0926. The van der Waals surface area contributed by atoms with Crippen molar-refractivity contribution < 1.29 is 14.3 Å². The van der Waals surface area contributed by atoms with Crippen molar-refractivity contribution >= 4 is 62.4 Å². The fourth-order valence-corrected chi connectivity index (χ4v) is 4.62. The Labute approximate surface area is 219 Å². The molecular weight excluding hydrogens is 538 g/mol. The van der Waals surface area contributed by atoms with Gasteiger partial charge in [-0.3, -0.25) is 14.9 Å². The van der Waals surface area contributed by atoms with Gasteiger partial charge in [0.2, 0.25) is 0 Å². The van der Waals surface area contributed by atoms with Crippen LogP contribution in [0.2, 0.25) is 5.02 Å². The number of unbranched alkanes of at least 4 members (excludes halogenated alkanes) is 1. The van der Waals surface area contributed by atoms with Crippen molar-refractivity contribution in [3.63, 3.8) is 0 Å². The largest absolute Gasteiger partial charge is 0.492 e. The van der Waals surface area contributed by atoms with Gasteiger partial charge in [-0.15, -0.1) is 0 Å². The quantitative estimate of drug-likeness (QED) is 0.252. The molecule has 1 aliphatic carbocycles. The summed E-state index contributed by atoms with van der Waals surface area (Å²) in [6.07, 6.45) is 7.44. The molecule has 0 heterocycles. The first kappa shape index (κ1) is 26.4. The zero-order valence-corrected chi connectivity index (χ0v) is 22.2.